The summed E-state index contributed by atoms with van der Waals surface area (Å²) in [6, 6.07) is 5.19. The lowest BCUT2D eigenvalue weighted by atomic mass is 10.2. The Morgan fingerprint density at radius 2 is 2.00 bits per heavy atom. The number of benzene rings is 1. The van der Waals surface area contributed by atoms with Gasteiger partial charge in [0.15, 0.2) is 0 Å². The van der Waals surface area contributed by atoms with E-state index in [0.29, 0.717) is 0 Å². The number of amides is 2. The minimum atomic E-state index is -0.612. The minimum Gasteiger partial charge on any atom is -0.274 e. The van der Waals surface area contributed by atoms with E-state index in [2.05, 4.69) is 10.9 Å². The highest BCUT2D eigenvalue weighted by molar-refractivity contribution is 5.95. The fourth-order valence-corrected chi connectivity index (χ4v) is 0.978. The smallest absolute Gasteiger partial charge is 0.270 e. The van der Waals surface area contributed by atoms with Crippen LogP contribution in [0.5, 0.6) is 0 Å². The molecule has 0 atom stereocenters. The topological polar surface area (TPSA) is 101 Å². The summed E-state index contributed by atoms with van der Waals surface area (Å²) in [7, 11) is 0. The third kappa shape index (κ3) is 3.05. The number of nitrogens with one attached hydrogen (secondary N) is 2. The third-order valence-electron chi connectivity index (χ3n) is 1.67. The van der Waals surface area contributed by atoms with Crippen LogP contribution in [0, 0.1) is 10.1 Å². The minimum absolute atomic E-state index is 0.1000. The second kappa shape index (κ2) is 4.87. The molecule has 7 nitrogen and oxygen atoms in total. The summed E-state index contributed by atoms with van der Waals surface area (Å²) in [5.74, 6) is -1.04. The second-order valence-electron chi connectivity index (χ2n) is 2.94. The van der Waals surface area contributed by atoms with Crippen molar-refractivity contribution in [2.24, 2.45) is 0 Å². The molecule has 0 aliphatic heterocycles. The van der Waals surface area contributed by atoms with Gasteiger partial charge in [-0.2, -0.15) is 0 Å². The highest BCUT2D eigenvalue weighted by atomic mass is 16.6. The van der Waals surface area contributed by atoms with Crippen LogP contribution in [0.2, 0.25) is 0 Å². The van der Waals surface area contributed by atoms with Crippen LogP contribution in [-0.4, -0.2) is 16.7 Å². The van der Waals surface area contributed by atoms with E-state index in [0.717, 1.165) is 6.07 Å². The Morgan fingerprint density at radius 1 is 1.31 bits per heavy atom. The molecule has 0 aliphatic carbocycles. The molecule has 0 spiro atoms. The van der Waals surface area contributed by atoms with Crippen LogP contribution in [0.3, 0.4) is 0 Å². The Bertz CT molecular complexity index is 444. The number of non-ortho nitro benzene ring substituents is 1. The molecule has 1 rings (SSSR count). The number of nitro benzene ring substituents is 1. The van der Waals surface area contributed by atoms with Gasteiger partial charge >= 0.3 is 0 Å². The fraction of sp³-hybridized carbons (Fsp3) is 0.111. The van der Waals surface area contributed by atoms with Gasteiger partial charge < -0.3 is 0 Å². The molecular formula is C9H9N3O4. The molecule has 0 radical (unpaired) electrons. The van der Waals surface area contributed by atoms with Crippen LogP contribution in [-0.2, 0) is 4.79 Å². The van der Waals surface area contributed by atoms with Crippen molar-refractivity contribution in [1.29, 1.82) is 0 Å². The van der Waals surface area contributed by atoms with Crippen molar-refractivity contribution in [2.75, 3.05) is 0 Å². The van der Waals surface area contributed by atoms with Gasteiger partial charge in [-0.3, -0.25) is 30.6 Å². The number of carbonyl (C=O) groups is 2. The monoisotopic (exact) mass is 223 g/mol. The number of nitro groups is 1. The standard InChI is InChI=1S/C9H9N3O4/c1-6(13)10-11-9(14)7-3-2-4-8(5-7)12(15)16/h2-5H,1H3,(H,10,13)(H,11,14). The van der Waals surface area contributed by atoms with Crippen molar-refractivity contribution in [2.45, 2.75) is 6.92 Å². The predicted octanol–water partition coefficient (Wildman–Crippen LogP) is 0.376. The Kier molecular flexibility index (Phi) is 3.54. The van der Waals surface area contributed by atoms with E-state index in [9.17, 15) is 19.7 Å². The summed E-state index contributed by atoms with van der Waals surface area (Å²) in [6.45, 7) is 1.23. The molecule has 7 heteroatoms. The first-order valence-electron chi connectivity index (χ1n) is 4.32. The van der Waals surface area contributed by atoms with Crippen LogP contribution in [0.15, 0.2) is 24.3 Å². The molecule has 0 bridgehead atoms. The molecule has 2 N–H and O–H groups in total. The van der Waals surface area contributed by atoms with E-state index < -0.39 is 16.7 Å². The lowest BCUT2D eigenvalue weighted by molar-refractivity contribution is -0.384. The third-order valence-corrected chi connectivity index (χ3v) is 1.67. The zero-order valence-electron chi connectivity index (χ0n) is 8.39. The van der Waals surface area contributed by atoms with Gasteiger partial charge in [-0.1, -0.05) is 6.07 Å². The van der Waals surface area contributed by atoms with Crippen LogP contribution in [0.25, 0.3) is 0 Å². The van der Waals surface area contributed by atoms with E-state index in [1.54, 1.807) is 0 Å². The Hall–Kier alpha value is -2.44. The van der Waals surface area contributed by atoms with Gasteiger partial charge in [0.05, 0.1) is 4.92 Å². The summed E-state index contributed by atoms with van der Waals surface area (Å²) < 4.78 is 0. The zero-order chi connectivity index (χ0) is 12.1. The van der Waals surface area contributed by atoms with Crippen molar-refractivity contribution in [3.63, 3.8) is 0 Å². The first-order valence-corrected chi connectivity index (χ1v) is 4.32. The molecule has 0 fully saturated rings. The maximum absolute atomic E-state index is 11.4. The van der Waals surface area contributed by atoms with Gasteiger partial charge in [0.1, 0.15) is 0 Å². The lowest BCUT2D eigenvalue weighted by Crippen LogP contribution is -2.40. The molecular weight excluding hydrogens is 214 g/mol. The van der Waals surface area contributed by atoms with Gasteiger partial charge in [-0.15, -0.1) is 0 Å². The number of rotatable bonds is 2. The molecule has 0 saturated heterocycles. The van der Waals surface area contributed by atoms with Crippen molar-refractivity contribution in [3.05, 3.63) is 39.9 Å². The van der Waals surface area contributed by atoms with E-state index in [1.807, 2.05) is 0 Å². The zero-order valence-corrected chi connectivity index (χ0v) is 8.39. The maximum atomic E-state index is 11.4. The van der Waals surface area contributed by atoms with Gasteiger partial charge in [0.2, 0.25) is 5.91 Å². The van der Waals surface area contributed by atoms with Crippen LogP contribution in [0.1, 0.15) is 17.3 Å². The average Bonchev–Trinajstić information content (AvgIpc) is 2.26. The second-order valence-corrected chi connectivity index (χ2v) is 2.94. The van der Waals surface area contributed by atoms with E-state index >= 15 is 0 Å². The van der Waals surface area contributed by atoms with Crippen LogP contribution < -0.4 is 10.9 Å². The Balaban J connectivity index is 2.79. The van der Waals surface area contributed by atoms with Crippen molar-refractivity contribution in [1.82, 2.24) is 10.9 Å². The molecule has 1 aromatic carbocycles. The van der Waals surface area contributed by atoms with Gasteiger partial charge in [0, 0.05) is 24.6 Å². The van der Waals surface area contributed by atoms with E-state index in [-0.39, 0.29) is 11.3 Å². The molecule has 0 aliphatic rings. The first kappa shape index (κ1) is 11.6. The first-order chi connectivity index (χ1) is 7.50. The Morgan fingerprint density at radius 3 is 2.56 bits per heavy atom. The van der Waals surface area contributed by atoms with Crippen LogP contribution >= 0.6 is 0 Å². The summed E-state index contributed by atoms with van der Waals surface area (Å²) in [5.41, 5.74) is 4.10. The van der Waals surface area contributed by atoms with Crippen molar-refractivity contribution in [3.8, 4) is 0 Å². The largest absolute Gasteiger partial charge is 0.274 e. The van der Waals surface area contributed by atoms with Crippen molar-refractivity contribution < 1.29 is 14.5 Å². The summed E-state index contributed by atoms with van der Waals surface area (Å²) >= 11 is 0. The normalized spacial score (nSPS) is 9.31. The number of hydrogen-bond acceptors (Lipinski definition) is 4. The lowest BCUT2D eigenvalue weighted by Gasteiger charge is -2.04. The molecule has 0 heterocycles. The molecule has 16 heavy (non-hydrogen) atoms. The van der Waals surface area contributed by atoms with E-state index in [1.165, 1.54) is 25.1 Å². The van der Waals surface area contributed by atoms with Gasteiger partial charge in [-0.05, 0) is 6.07 Å². The number of hydrazine groups is 1. The molecule has 2 amide bonds. The highest BCUT2D eigenvalue weighted by Gasteiger charge is 2.11. The quantitative estimate of drug-likeness (QED) is 0.558. The molecule has 0 aromatic heterocycles. The Labute approximate surface area is 90.6 Å². The molecule has 0 unspecified atom stereocenters. The summed E-state index contributed by atoms with van der Waals surface area (Å²) in [6.07, 6.45) is 0. The predicted molar refractivity (Wildman–Crippen MR) is 54.4 cm³/mol. The maximum Gasteiger partial charge on any atom is 0.270 e. The number of hydrogen-bond donors (Lipinski definition) is 2. The summed E-state index contributed by atoms with van der Waals surface area (Å²) in [4.78, 5) is 31.7. The van der Waals surface area contributed by atoms with Gasteiger partial charge in [-0.25, -0.2) is 0 Å². The average molecular weight is 223 g/mol. The molecule has 1 aromatic rings. The number of nitrogens with zero attached hydrogens (tertiary/aromatic N) is 1. The van der Waals surface area contributed by atoms with Crippen LogP contribution in [0.4, 0.5) is 5.69 Å². The number of carbonyl (C=O) groups excluding carboxylic acids is 2. The van der Waals surface area contributed by atoms with Crippen molar-refractivity contribution >= 4 is 17.5 Å². The SMILES string of the molecule is CC(=O)NNC(=O)c1cccc([N+](=O)[O-])c1. The summed E-state index contributed by atoms with van der Waals surface area (Å²) in [5, 5.41) is 10.4. The van der Waals surface area contributed by atoms with E-state index in [4.69, 9.17) is 0 Å². The highest BCUT2D eigenvalue weighted by Crippen LogP contribution is 2.12. The van der Waals surface area contributed by atoms with Gasteiger partial charge in [0.25, 0.3) is 11.6 Å². The fourth-order valence-electron chi connectivity index (χ4n) is 0.978. The molecule has 84 valence electrons. The molecule has 0 saturated carbocycles.